The third-order valence-electron chi connectivity index (χ3n) is 3.93. The van der Waals surface area contributed by atoms with E-state index in [4.69, 9.17) is 5.11 Å². The Labute approximate surface area is 125 Å². The molecule has 0 aromatic heterocycles. The van der Waals surface area contributed by atoms with E-state index < -0.39 is 18.1 Å². The molecule has 1 amide bonds. The number of likely N-dealkylation sites (tertiary alicyclic amines) is 1. The number of aromatic hydroxyl groups is 1. The van der Waals surface area contributed by atoms with Crippen LogP contribution in [0, 0.1) is 5.92 Å². The molecule has 5 nitrogen and oxygen atoms in total. The minimum absolute atomic E-state index is 0.00688. The number of carbonyl (C=O) groups is 2. The molecule has 1 atom stereocenters. The van der Waals surface area contributed by atoms with Crippen molar-refractivity contribution in [3.63, 3.8) is 0 Å². The van der Waals surface area contributed by atoms with Gasteiger partial charge in [-0.3, -0.25) is 4.79 Å². The quantitative estimate of drug-likeness (QED) is 0.909. The molecule has 0 bridgehead atoms. The fourth-order valence-electron chi connectivity index (χ4n) is 2.66. The van der Waals surface area contributed by atoms with E-state index in [-0.39, 0.29) is 24.7 Å². The Morgan fingerprint density at radius 1 is 1.23 bits per heavy atom. The van der Waals surface area contributed by atoms with Gasteiger partial charge in [-0.1, -0.05) is 24.3 Å². The molecule has 114 valence electrons. The molecule has 2 N–H and O–H groups in total. The zero-order valence-corrected chi connectivity index (χ0v) is 11.6. The van der Waals surface area contributed by atoms with Crippen molar-refractivity contribution in [1.29, 1.82) is 0 Å². The van der Waals surface area contributed by atoms with Crippen LogP contribution in [0.25, 0.3) is 10.8 Å². The minimum Gasteiger partial charge on any atom is -0.507 e. The largest absolute Gasteiger partial charge is 0.507 e. The average molecular weight is 303 g/mol. The standard InChI is InChI=1S/C16H14FNO4/c17-14(16(21)22)11-7-18(8-11)15(20)10-5-9-3-1-2-4-12(9)13(19)6-10/h1-6,11,14,19H,7-8H2,(H,21,22). The molecule has 2 aromatic rings. The molecular weight excluding hydrogens is 289 g/mol. The zero-order chi connectivity index (χ0) is 15.9. The molecule has 2 aromatic carbocycles. The van der Waals surface area contributed by atoms with Crippen LogP contribution in [0.15, 0.2) is 36.4 Å². The molecule has 1 fully saturated rings. The summed E-state index contributed by atoms with van der Waals surface area (Å²) in [5.41, 5.74) is 0.306. The monoisotopic (exact) mass is 303 g/mol. The second-order valence-electron chi connectivity index (χ2n) is 5.43. The van der Waals surface area contributed by atoms with Crippen LogP contribution in [0.3, 0.4) is 0 Å². The predicted octanol–water partition coefficient (Wildman–Crippen LogP) is 2.04. The van der Waals surface area contributed by atoms with E-state index in [1.165, 1.54) is 11.0 Å². The second kappa shape index (κ2) is 5.29. The summed E-state index contributed by atoms with van der Waals surface area (Å²) in [6.07, 6.45) is -1.95. The summed E-state index contributed by atoms with van der Waals surface area (Å²) < 4.78 is 13.3. The number of carbonyl (C=O) groups excluding carboxylic acids is 1. The summed E-state index contributed by atoms with van der Waals surface area (Å²) >= 11 is 0. The van der Waals surface area contributed by atoms with Gasteiger partial charge in [0.1, 0.15) is 5.75 Å². The summed E-state index contributed by atoms with van der Waals surface area (Å²) in [7, 11) is 0. The summed E-state index contributed by atoms with van der Waals surface area (Å²) in [4.78, 5) is 24.2. The molecule has 1 heterocycles. The smallest absolute Gasteiger partial charge is 0.338 e. The molecule has 0 saturated carbocycles. The lowest BCUT2D eigenvalue weighted by Crippen LogP contribution is -2.54. The normalized spacial score (nSPS) is 16.3. The third kappa shape index (κ3) is 2.36. The van der Waals surface area contributed by atoms with Gasteiger partial charge < -0.3 is 15.1 Å². The molecule has 1 saturated heterocycles. The van der Waals surface area contributed by atoms with Gasteiger partial charge in [-0.25, -0.2) is 9.18 Å². The van der Waals surface area contributed by atoms with Crippen molar-refractivity contribution >= 4 is 22.6 Å². The third-order valence-corrected chi connectivity index (χ3v) is 3.93. The fraction of sp³-hybridized carbons (Fsp3) is 0.250. The first-order valence-electron chi connectivity index (χ1n) is 6.85. The number of hydrogen-bond donors (Lipinski definition) is 2. The van der Waals surface area contributed by atoms with Crippen molar-refractivity contribution in [3.8, 4) is 5.75 Å². The number of carboxylic acid groups (broad SMARTS) is 1. The van der Waals surface area contributed by atoms with Gasteiger partial charge in [0.15, 0.2) is 0 Å². The topological polar surface area (TPSA) is 77.8 Å². The maximum absolute atomic E-state index is 13.3. The van der Waals surface area contributed by atoms with Gasteiger partial charge in [-0.15, -0.1) is 0 Å². The molecule has 0 aliphatic carbocycles. The summed E-state index contributed by atoms with van der Waals surface area (Å²) in [5, 5.41) is 20.0. The Kier molecular flexibility index (Phi) is 3.44. The van der Waals surface area contributed by atoms with E-state index in [1.807, 2.05) is 0 Å². The van der Waals surface area contributed by atoms with E-state index in [2.05, 4.69) is 0 Å². The van der Waals surface area contributed by atoms with Gasteiger partial charge in [-0.05, 0) is 17.5 Å². The molecule has 1 aliphatic heterocycles. The lowest BCUT2D eigenvalue weighted by Gasteiger charge is -2.39. The van der Waals surface area contributed by atoms with Crippen molar-refractivity contribution in [3.05, 3.63) is 42.0 Å². The van der Waals surface area contributed by atoms with E-state index >= 15 is 0 Å². The van der Waals surface area contributed by atoms with Crippen LogP contribution in [-0.2, 0) is 4.79 Å². The van der Waals surface area contributed by atoms with Crippen LogP contribution in [0.1, 0.15) is 10.4 Å². The maximum atomic E-state index is 13.3. The minimum atomic E-state index is -1.95. The number of amides is 1. The van der Waals surface area contributed by atoms with Crippen molar-refractivity contribution in [2.75, 3.05) is 13.1 Å². The molecule has 0 radical (unpaired) electrons. The number of fused-ring (bicyclic) bond motifs is 1. The number of nitrogens with zero attached hydrogens (tertiary/aromatic N) is 1. The highest BCUT2D eigenvalue weighted by Crippen LogP contribution is 2.29. The number of carboxylic acids is 1. The van der Waals surface area contributed by atoms with E-state index in [9.17, 15) is 19.1 Å². The Balaban J connectivity index is 1.78. The van der Waals surface area contributed by atoms with E-state index in [0.717, 1.165) is 5.39 Å². The van der Waals surface area contributed by atoms with Crippen LogP contribution in [0.4, 0.5) is 4.39 Å². The highest BCUT2D eigenvalue weighted by Gasteiger charge is 2.40. The van der Waals surface area contributed by atoms with Gasteiger partial charge in [0.05, 0.1) is 0 Å². The SMILES string of the molecule is O=C(O)C(F)C1CN(C(=O)c2cc(O)c3ccccc3c2)C1. The summed E-state index contributed by atoms with van der Waals surface area (Å²) in [6.45, 7) is 0.139. The number of phenols is 1. The molecule has 6 heteroatoms. The first kappa shape index (κ1) is 14.3. The molecule has 1 unspecified atom stereocenters. The van der Waals surface area contributed by atoms with Gasteiger partial charge in [0, 0.05) is 30.0 Å². The Morgan fingerprint density at radius 3 is 2.59 bits per heavy atom. The average Bonchev–Trinajstić information content (AvgIpc) is 2.45. The van der Waals surface area contributed by atoms with Crippen LogP contribution < -0.4 is 0 Å². The fourth-order valence-corrected chi connectivity index (χ4v) is 2.66. The van der Waals surface area contributed by atoms with Gasteiger partial charge in [0.25, 0.3) is 5.91 Å². The number of aliphatic carboxylic acids is 1. The van der Waals surface area contributed by atoms with Crippen molar-refractivity contribution in [2.45, 2.75) is 6.17 Å². The summed E-state index contributed by atoms with van der Waals surface area (Å²) in [5.74, 6) is -2.50. The maximum Gasteiger partial charge on any atom is 0.338 e. The second-order valence-corrected chi connectivity index (χ2v) is 5.43. The number of hydrogen-bond acceptors (Lipinski definition) is 3. The highest BCUT2D eigenvalue weighted by molar-refractivity contribution is 6.01. The van der Waals surface area contributed by atoms with Crippen LogP contribution >= 0.6 is 0 Å². The van der Waals surface area contributed by atoms with Crippen LogP contribution in [-0.4, -0.2) is 46.3 Å². The highest BCUT2D eigenvalue weighted by atomic mass is 19.1. The number of alkyl halides is 1. The molecule has 0 spiro atoms. The lowest BCUT2D eigenvalue weighted by atomic mass is 9.93. The molecule has 22 heavy (non-hydrogen) atoms. The van der Waals surface area contributed by atoms with E-state index in [0.29, 0.717) is 10.9 Å². The molecule has 3 rings (SSSR count). The number of phenolic OH excluding ortho intramolecular Hbond substituents is 1. The number of rotatable bonds is 3. The molecular formula is C16H14FNO4. The number of halogens is 1. The van der Waals surface area contributed by atoms with E-state index in [1.54, 1.807) is 30.3 Å². The zero-order valence-electron chi connectivity index (χ0n) is 11.6. The van der Waals surface area contributed by atoms with Crippen molar-refractivity contribution in [1.82, 2.24) is 4.90 Å². The van der Waals surface area contributed by atoms with Crippen LogP contribution in [0.2, 0.25) is 0 Å². The van der Waals surface area contributed by atoms with Gasteiger partial charge in [0.2, 0.25) is 6.17 Å². The first-order valence-corrected chi connectivity index (χ1v) is 6.85. The Bertz CT molecular complexity index is 755. The first-order chi connectivity index (χ1) is 10.5. The number of benzene rings is 2. The predicted molar refractivity (Wildman–Crippen MR) is 77.5 cm³/mol. The van der Waals surface area contributed by atoms with Gasteiger partial charge >= 0.3 is 5.97 Å². The van der Waals surface area contributed by atoms with Crippen LogP contribution in [0.5, 0.6) is 5.75 Å². The Hall–Kier alpha value is -2.63. The lowest BCUT2D eigenvalue weighted by molar-refractivity contribution is -0.147. The Morgan fingerprint density at radius 2 is 1.91 bits per heavy atom. The van der Waals surface area contributed by atoms with Crippen molar-refractivity contribution in [2.24, 2.45) is 5.92 Å². The summed E-state index contributed by atoms with van der Waals surface area (Å²) in [6, 6.07) is 10.2. The van der Waals surface area contributed by atoms with Gasteiger partial charge in [-0.2, -0.15) is 0 Å². The van der Waals surface area contributed by atoms with Crippen molar-refractivity contribution < 1.29 is 24.2 Å². The molecule has 1 aliphatic rings.